The van der Waals surface area contributed by atoms with Crippen molar-refractivity contribution in [2.45, 2.75) is 24.7 Å². The lowest BCUT2D eigenvalue weighted by molar-refractivity contribution is 0.660. The second kappa shape index (κ2) is 14.7. The number of nitrogens with zero attached hydrogens (tertiary/aromatic N) is 2. The van der Waals surface area contributed by atoms with Crippen molar-refractivity contribution < 1.29 is 0 Å². The highest BCUT2D eigenvalue weighted by atomic mass is 15.1. The van der Waals surface area contributed by atoms with Crippen LogP contribution in [0.15, 0.2) is 243 Å². The first-order valence-corrected chi connectivity index (χ1v) is 23.1. The predicted octanol–water partition coefficient (Wildman–Crippen LogP) is 16.9. The van der Waals surface area contributed by atoms with Gasteiger partial charge in [-0.05, 0) is 145 Å². The van der Waals surface area contributed by atoms with Crippen LogP contribution in [-0.4, -0.2) is 0 Å². The minimum absolute atomic E-state index is 0.0765. The number of para-hydroxylation sites is 3. The van der Waals surface area contributed by atoms with Crippen molar-refractivity contribution in [1.29, 1.82) is 0 Å². The monoisotopic (exact) mass is 842 g/mol. The zero-order chi connectivity index (χ0) is 44.0. The number of benzene rings is 10. The number of anilines is 6. The molecule has 1 atom stereocenters. The molecule has 2 heteroatoms. The largest absolute Gasteiger partial charge is 0.310 e. The van der Waals surface area contributed by atoms with Gasteiger partial charge in [-0.1, -0.05) is 184 Å². The summed E-state index contributed by atoms with van der Waals surface area (Å²) in [4.78, 5) is 4.91. The summed E-state index contributed by atoms with van der Waals surface area (Å²) in [5, 5.41) is 0. The summed E-state index contributed by atoms with van der Waals surface area (Å²) in [5.74, 6) is 0. The molecule has 1 unspecified atom stereocenters. The average molecular weight is 843 g/mol. The van der Waals surface area contributed by atoms with E-state index >= 15 is 0 Å². The Bertz CT molecular complexity index is 3460. The second-order valence-electron chi connectivity index (χ2n) is 18.4. The molecule has 1 spiro atoms. The van der Waals surface area contributed by atoms with E-state index in [1.807, 2.05) is 0 Å². The summed E-state index contributed by atoms with van der Waals surface area (Å²) in [6, 6.07) is 90.1. The summed E-state index contributed by atoms with van der Waals surface area (Å²) >= 11 is 0. The van der Waals surface area contributed by atoms with Crippen molar-refractivity contribution in [3.05, 3.63) is 276 Å². The SMILES string of the molecule is CC1(C)c2ccccc2-c2cc(N(c3ccccc3)c3ccc4c(c3)C3(c5ccccc5-4)c4ccccc4-c4cc(-c5ccccc5)c(N(c5ccccc5)c5ccccc5)cc43)ccc21. The molecule has 0 fully saturated rings. The van der Waals surface area contributed by atoms with E-state index in [1.54, 1.807) is 0 Å². The first kappa shape index (κ1) is 38.3. The van der Waals surface area contributed by atoms with Crippen molar-refractivity contribution in [2.24, 2.45) is 0 Å². The third-order valence-corrected chi connectivity index (χ3v) is 14.6. The topological polar surface area (TPSA) is 6.48 Å². The molecule has 312 valence electrons. The summed E-state index contributed by atoms with van der Waals surface area (Å²) < 4.78 is 0. The molecular formula is C64H46N2. The minimum Gasteiger partial charge on any atom is -0.310 e. The number of hydrogen-bond donors (Lipinski definition) is 0. The van der Waals surface area contributed by atoms with Gasteiger partial charge in [0.15, 0.2) is 0 Å². The van der Waals surface area contributed by atoms with Crippen LogP contribution in [0.1, 0.15) is 47.2 Å². The fourth-order valence-corrected chi connectivity index (χ4v) is 11.8. The van der Waals surface area contributed by atoms with Crippen molar-refractivity contribution in [2.75, 3.05) is 9.80 Å². The van der Waals surface area contributed by atoms with Gasteiger partial charge in [0.1, 0.15) is 0 Å². The van der Waals surface area contributed by atoms with Gasteiger partial charge >= 0.3 is 0 Å². The molecule has 13 rings (SSSR count). The Morgan fingerprint density at radius 3 is 1.27 bits per heavy atom. The fraction of sp³-hybridized carbons (Fsp3) is 0.0625. The molecule has 10 aromatic carbocycles. The maximum absolute atomic E-state index is 2.53. The zero-order valence-electron chi connectivity index (χ0n) is 37.0. The maximum Gasteiger partial charge on any atom is 0.0727 e. The molecule has 66 heavy (non-hydrogen) atoms. The molecule has 0 amide bonds. The fourth-order valence-electron chi connectivity index (χ4n) is 11.8. The van der Waals surface area contributed by atoms with Crippen molar-refractivity contribution in [3.63, 3.8) is 0 Å². The molecule has 10 aromatic rings. The Balaban J connectivity index is 1.09. The highest BCUT2D eigenvalue weighted by Crippen LogP contribution is 2.65. The van der Waals surface area contributed by atoms with E-state index in [0.717, 1.165) is 34.1 Å². The van der Waals surface area contributed by atoms with Crippen LogP contribution >= 0.6 is 0 Å². The molecule has 3 aliphatic rings. The lowest BCUT2D eigenvalue weighted by Crippen LogP contribution is -2.26. The highest BCUT2D eigenvalue weighted by molar-refractivity contribution is 6.01. The van der Waals surface area contributed by atoms with Gasteiger partial charge in [-0.15, -0.1) is 0 Å². The van der Waals surface area contributed by atoms with Crippen LogP contribution in [-0.2, 0) is 10.8 Å². The van der Waals surface area contributed by atoms with Gasteiger partial charge < -0.3 is 9.80 Å². The van der Waals surface area contributed by atoms with Crippen LogP contribution in [0.5, 0.6) is 0 Å². The predicted molar refractivity (Wildman–Crippen MR) is 275 cm³/mol. The van der Waals surface area contributed by atoms with Gasteiger partial charge in [0, 0.05) is 39.4 Å². The third-order valence-electron chi connectivity index (χ3n) is 14.6. The van der Waals surface area contributed by atoms with Crippen LogP contribution in [0.3, 0.4) is 0 Å². The van der Waals surface area contributed by atoms with E-state index in [9.17, 15) is 0 Å². The molecule has 0 radical (unpaired) electrons. The third kappa shape index (κ3) is 5.48. The van der Waals surface area contributed by atoms with E-state index in [1.165, 1.54) is 77.9 Å². The van der Waals surface area contributed by atoms with Gasteiger partial charge in [-0.2, -0.15) is 0 Å². The molecule has 0 saturated carbocycles. The van der Waals surface area contributed by atoms with E-state index < -0.39 is 5.41 Å². The van der Waals surface area contributed by atoms with E-state index in [-0.39, 0.29) is 5.41 Å². The molecule has 0 bridgehead atoms. The molecule has 3 aliphatic carbocycles. The van der Waals surface area contributed by atoms with Gasteiger partial charge in [0.2, 0.25) is 0 Å². The highest BCUT2D eigenvalue weighted by Gasteiger charge is 2.52. The quantitative estimate of drug-likeness (QED) is 0.158. The Kier molecular flexibility index (Phi) is 8.51. The molecule has 0 saturated heterocycles. The van der Waals surface area contributed by atoms with Gasteiger partial charge in [-0.25, -0.2) is 0 Å². The minimum atomic E-state index is -0.597. The van der Waals surface area contributed by atoms with Crippen molar-refractivity contribution in [1.82, 2.24) is 0 Å². The lowest BCUT2D eigenvalue weighted by Gasteiger charge is -2.34. The van der Waals surface area contributed by atoms with Crippen molar-refractivity contribution in [3.8, 4) is 44.5 Å². The number of fused-ring (bicyclic) bond motifs is 13. The Morgan fingerprint density at radius 2 is 0.667 bits per heavy atom. The smallest absolute Gasteiger partial charge is 0.0727 e. The van der Waals surface area contributed by atoms with E-state index in [2.05, 4.69) is 266 Å². The molecule has 0 N–H and O–H groups in total. The zero-order valence-corrected chi connectivity index (χ0v) is 37.0. The summed E-state index contributed by atoms with van der Waals surface area (Å²) in [5.41, 5.74) is 24.1. The van der Waals surface area contributed by atoms with Gasteiger partial charge in [0.05, 0.1) is 11.1 Å². The van der Waals surface area contributed by atoms with Crippen LogP contribution in [0.4, 0.5) is 34.1 Å². The van der Waals surface area contributed by atoms with Crippen molar-refractivity contribution >= 4 is 34.1 Å². The van der Waals surface area contributed by atoms with E-state index in [0.29, 0.717) is 0 Å². The molecule has 0 aromatic heterocycles. The van der Waals surface area contributed by atoms with Crippen LogP contribution < -0.4 is 9.80 Å². The van der Waals surface area contributed by atoms with Crippen LogP contribution in [0, 0.1) is 0 Å². The first-order chi connectivity index (χ1) is 32.5. The maximum atomic E-state index is 2.53. The van der Waals surface area contributed by atoms with Gasteiger partial charge in [0.25, 0.3) is 0 Å². The summed E-state index contributed by atoms with van der Waals surface area (Å²) in [6.07, 6.45) is 0. The van der Waals surface area contributed by atoms with E-state index in [4.69, 9.17) is 0 Å². The second-order valence-corrected chi connectivity index (χ2v) is 18.4. The molecular weight excluding hydrogens is 797 g/mol. The Morgan fingerprint density at radius 1 is 0.258 bits per heavy atom. The normalized spacial score (nSPS) is 15.3. The summed E-state index contributed by atoms with van der Waals surface area (Å²) in [6.45, 7) is 4.71. The molecule has 2 nitrogen and oxygen atoms in total. The number of rotatable bonds is 7. The average Bonchev–Trinajstić information content (AvgIpc) is 3.93. The molecule has 0 heterocycles. The summed E-state index contributed by atoms with van der Waals surface area (Å²) in [7, 11) is 0. The lowest BCUT2D eigenvalue weighted by atomic mass is 9.70. The van der Waals surface area contributed by atoms with Crippen LogP contribution in [0.25, 0.3) is 44.5 Å². The first-order valence-electron chi connectivity index (χ1n) is 23.1. The van der Waals surface area contributed by atoms with Gasteiger partial charge in [-0.3, -0.25) is 0 Å². The van der Waals surface area contributed by atoms with Crippen LogP contribution in [0.2, 0.25) is 0 Å². The Labute approximate surface area is 387 Å². The Hall–Kier alpha value is -8.20. The number of hydrogen-bond acceptors (Lipinski definition) is 2. The molecule has 0 aliphatic heterocycles. The standard InChI is InChI=1S/C64H46N2/c1-63(2)56-32-18-15-30-50(56)54-39-47(36-38-57(54)63)65(44-23-9-4-10-24-44)48-35-37-52-49-29-16-19-33-58(49)64(60(52)40-48)59-34-20-17-31-51(59)55-41-53(43-21-7-3-8-22-43)62(42-61(55)64)66(45-25-11-5-12-26-45)46-27-13-6-14-28-46/h3-42H,1-2H3.